The molecule has 1 saturated heterocycles. The molecule has 0 radical (unpaired) electrons. The molecule has 2 N–H and O–H groups in total. The first-order valence-corrected chi connectivity index (χ1v) is 9.19. The maximum Gasteiger partial charge on any atom is 0.306 e. The van der Waals surface area contributed by atoms with Crippen LogP contribution in [0.15, 0.2) is 58.4 Å². The molecule has 27 heavy (non-hydrogen) atoms. The number of hydrogen-bond acceptors (Lipinski definition) is 5. The number of amidine groups is 1. The number of aliphatic carboxylic acids is 1. The van der Waals surface area contributed by atoms with Gasteiger partial charge >= 0.3 is 5.97 Å². The lowest BCUT2D eigenvalue weighted by Crippen LogP contribution is -2.19. The number of ether oxygens (including phenoxy) is 1. The van der Waals surface area contributed by atoms with Crippen LogP contribution in [0.3, 0.4) is 0 Å². The summed E-state index contributed by atoms with van der Waals surface area (Å²) in [6.45, 7) is 0.108. The second-order valence-electron chi connectivity index (χ2n) is 5.52. The summed E-state index contributed by atoms with van der Waals surface area (Å²) in [5.74, 6) is -0.552. The summed E-state index contributed by atoms with van der Waals surface area (Å²) in [7, 11) is 0. The molecule has 2 aromatic carbocycles. The van der Waals surface area contributed by atoms with Gasteiger partial charge in [-0.3, -0.25) is 9.59 Å². The van der Waals surface area contributed by atoms with Crippen LogP contribution in [-0.2, 0) is 9.59 Å². The highest BCUT2D eigenvalue weighted by atomic mass is 35.5. The van der Waals surface area contributed by atoms with Gasteiger partial charge in [-0.2, -0.15) is 0 Å². The number of benzene rings is 2. The van der Waals surface area contributed by atoms with Crippen LogP contribution in [0.5, 0.6) is 5.75 Å². The van der Waals surface area contributed by atoms with Crippen LogP contribution in [-0.4, -0.2) is 28.8 Å². The number of nitrogens with one attached hydrogen (secondary N) is 1. The largest absolute Gasteiger partial charge is 0.493 e. The van der Waals surface area contributed by atoms with Crippen molar-refractivity contribution in [1.82, 2.24) is 5.32 Å². The molecule has 138 valence electrons. The van der Waals surface area contributed by atoms with Gasteiger partial charge in [-0.1, -0.05) is 29.8 Å². The maximum atomic E-state index is 12.1. The summed E-state index contributed by atoms with van der Waals surface area (Å²) in [5.41, 5.74) is 1.48. The third-order valence-electron chi connectivity index (χ3n) is 3.45. The van der Waals surface area contributed by atoms with E-state index >= 15 is 0 Å². The molecule has 0 spiro atoms. The Balaban J connectivity index is 1.66. The van der Waals surface area contributed by atoms with Gasteiger partial charge in [0.25, 0.3) is 5.91 Å². The van der Waals surface area contributed by atoms with E-state index in [1.165, 1.54) is 11.8 Å². The molecule has 6 nitrogen and oxygen atoms in total. The molecule has 0 saturated carbocycles. The first-order chi connectivity index (χ1) is 13.0. The molecule has 1 aliphatic rings. The van der Waals surface area contributed by atoms with Crippen molar-refractivity contribution in [3.05, 3.63) is 64.0 Å². The molecule has 1 amide bonds. The number of carbonyl (C=O) groups is 2. The van der Waals surface area contributed by atoms with E-state index in [0.29, 0.717) is 26.5 Å². The van der Waals surface area contributed by atoms with E-state index in [0.717, 1.165) is 5.56 Å². The Bertz CT molecular complexity index is 926. The lowest BCUT2D eigenvalue weighted by molar-refractivity contribution is -0.137. The number of halogens is 1. The quantitative estimate of drug-likeness (QED) is 0.710. The van der Waals surface area contributed by atoms with Crippen LogP contribution in [0, 0.1) is 0 Å². The fraction of sp³-hybridized carbons (Fsp3) is 0.105. The zero-order chi connectivity index (χ0) is 19.2. The van der Waals surface area contributed by atoms with E-state index < -0.39 is 5.97 Å². The predicted molar refractivity (Wildman–Crippen MR) is 106 cm³/mol. The second kappa shape index (κ2) is 8.75. The number of rotatable bonds is 6. The minimum Gasteiger partial charge on any atom is -0.493 e. The highest BCUT2D eigenvalue weighted by Gasteiger charge is 2.23. The third kappa shape index (κ3) is 5.60. The number of amides is 1. The Hall–Kier alpha value is -2.77. The molecule has 8 heteroatoms. The van der Waals surface area contributed by atoms with Crippen molar-refractivity contribution in [1.29, 1.82) is 0 Å². The van der Waals surface area contributed by atoms with Gasteiger partial charge in [0.05, 0.1) is 23.6 Å². The average molecular weight is 403 g/mol. The van der Waals surface area contributed by atoms with Gasteiger partial charge in [0.2, 0.25) is 0 Å². The van der Waals surface area contributed by atoms with Crippen LogP contribution in [0.2, 0.25) is 5.02 Å². The average Bonchev–Trinajstić information content (AvgIpc) is 2.95. The molecular weight excluding hydrogens is 388 g/mol. The van der Waals surface area contributed by atoms with Gasteiger partial charge in [0, 0.05) is 5.02 Å². The van der Waals surface area contributed by atoms with E-state index in [2.05, 4.69) is 10.3 Å². The molecule has 3 rings (SSSR count). The van der Waals surface area contributed by atoms with E-state index in [1.807, 2.05) is 0 Å². The number of carboxylic acid groups (broad SMARTS) is 1. The van der Waals surface area contributed by atoms with Gasteiger partial charge in [-0.15, -0.1) is 0 Å². The molecule has 1 aliphatic heterocycles. The van der Waals surface area contributed by atoms with E-state index in [-0.39, 0.29) is 18.9 Å². The monoisotopic (exact) mass is 402 g/mol. The summed E-state index contributed by atoms with van der Waals surface area (Å²) in [6.07, 6.45) is 1.69. The van der Waals surface area contributed by atoms with Gasteiger partial charge in [-0.05, 0) is 53.7 Å². The zero-order valence-electron chi connectivity index (χ0n) is 14.0. The zero-order valence-corrected chi connectivity index (χ0v) is 15.6. The predicted octanol–water partition coefficient (Wildman–Crippen LogP) is 4.09. The number of carbonyl (C=O) groups excluding carboxylic acids is 1. The summed E-state index contributed by atoms with van der Waals surface area (Å²) in [4.78, 5) is 27.5. The SMILES string of the molecule is O=C(O)CCOc1ccc(/C=C2/SC(=Nc3cccc(Cl)c3)NC2=O)cc1. The molecular formula is C19H15ClN2O4S. The fourth-order valence-corrected chi connectivity index (χ4v) is 3.24. The molecule has 0 atom stereocenters. The highest BCUT2D eigenvalue weighted by Crippen LogP contribution is 2.29. The van der Waals surface area contributed by atoms with E-state index in [9.17, 15) is 9.59 Å². The molecule has 1 heterocycles. The Morgan fingerprint density at radius 2 is 2.04 bits per heavy atom. The molecule has 2 aromatic rings. The highest BCUT2D eigenvalue weighted by molar-refractivity contribution is 8.18. The van der Waals surface area contributed by atoms with Crippen LogP contribution in [0.4, 0.5) is 5.69 Å². The molecule has 0 bridgehead atoms. The Kier molecular flexibility index (Phi) is 6.16. The number of carboxylic acids is 1. The van der Waals surface area contributed by atoms with Gasteiger partial charge in [0.15, 0.2) is 5.17 Å². The topological polar surface area (TPSA) is 88.0 Å². The summed E-state index contributed by atoms with van der Waals surface area (Å²) in [5, 5.41) is 12.4. The van der Waals surface area contributed by atoms with E-state index in [4.69, 9.17) is 21.4 Å². The van der Waals surface area contributed by atoms with Crippen molar-refractivity contribution in [2.75, 3.05) is 6.61 Å². The first kappa shape index (κ1) is 19.0. The standard InChI is InChI=1S/C19H15ClN2O4S/c20-13-2-1-3-14(11-13)21-19-22-18(25)16(27-19)10-12-4-6-15(7-5-12)26-9-8-17(23)24/h1-7,10-11H,8-9H2,(H,23,24)(H,21,22,25)/b16-10+. The molecule has 0 aromatic heterocycles. The van der Waals surface area contributed by atoms with Crippen molar-refractivity contribution in [3.8, 4) is 5.75 Å². The minimum absolute atomic E-state index is 0.0582. The van der Waals surface area contributed by atoms with Gasteiger partial charge in [-0.25, -0.2) is 4.99 Å². The maximum absolute atomic E-state index is 12.1. The lowest BCUT2D eigenvalue weighted by Gasteiger charge is -2.04. The van der Waals surface area contributed by atoms with Crippen LogP contribution < -0.4 is 10.1 Å². The Labute approximate surface area is 164 Å². The minimum atomic E-state index is -0.907. The number of hydrogen-bond donors (Lipinski definition) is 2. The number of thioether (sulfide) groups is 1. The van der Waals surface area contributed by atoms with Crippen molar-refractivity contribution in [3.63, 3.8) is 0 Å². The van der Waals surface area contributed by atoms with Crippen LogP contribution in [0.25, 0.3) is 6.08 Å². The van der Waals surface area contributed by atoms with E-state index in [1.54, 1.807) is 54.6 Å². The summed E-state index contributed by atoms with van der Waals surface area (Å²) < 4.78 is 5.34. The second-order valence-corrected chi connectivity index (χ2v) is 6.99. The number of aliphatic imine (C=N–C) groups is 1. The smallest absolute Gasteiger partial charge is 0.306 e. The molecule has 0 aliphatic carbocycles. The first-order valence-electron chi connectivity index (χ1n) is 7.99. The molecule has 0 unspecified atom stereocenters. The third-order valence-corrected chi connectivity index (χ3v) is 4.60. The molecule has 1 fully saturated rings. The van der Waals surface area contributed by atoms with Crippen LogP contribution in [0.1, 0.15) is 12.0 Å². The normalized spacial score (nSPS) is 16.6. The van der Waals surface area contributed by atoms with Crippen LogP contribution >= 0.6 is 23.4 Å². The number of nitrogens with zero attached hydrogens (tertiary/aromatic N) is 1. The Morgan fingerprint density at radius 3 is 2.74 bits per heavy atom. The summed E-state index contributed by atoms with van der Waals surface area (Å²) >= 11 is 7.19. The Morgan fingerprint density at radius 1 is 1.26 bits per heavy atom. The van der Waals surface area contributed by atoms with Gasteiger partial charge in [0.1, 0.15) is 5.75 Å². The van der Waals surface area contributed by atoms with Crippen molar-refractivity contribution in [2.24, 2.45) is 4.99 Å². The van der Waals surface area contributed by atoms with Crippen molar-refractivity contribution >= 4 is 52.2 Å². The van der Waals surface area contributed by atoms with Crippen molar-refractivity contribution in [2.45, 2.75) is 6.42 Å². The van der Waals surface area contributed by atoms with Gasteiger partial charge < -0.3 is 15.2 Å². The van der Waals surface area contributed by atoms with Crippen molar-refractivity contribution < 1.29 is 19.4 Å². The fourth-order valence-electron chi connectivity index (χ4n) is 2.21. The summed E-state index contributed by atoms with van der Waals surface area (Å²) in [6, 6.07) is 14.1. The lowest BCUT2D eigenvalue weighted by atomic mass is 10.2.